The van der Waals surface area contributed by atoms with E-state index >= 15 is 0 Å². The van der Waals surface area contributed by atoms with E-state index in [4.69, 9.17) is 0 Å². The van der Waals surface area contributed by atoms with Gasteiger partial charge in [0.2, 0.25) is 5.91 Å². The smallest absolute Gasteiger partial charge is 0.224 e. The van der Waals surface area contributed by atoms with Crippen molar-refractivity contribution < 1.29 is 9.90 Å². The van der Waals surface area contributed by atoms with E-state index in [0.717, 1.165) is 12.1 Å². The van der Waals surface area contributed by atoms with Crippen LogP contribution in [0.5, 0.6) is 0 Å². The molecule has 1 aromatic heterocycles. The van der Waals surface area contributed by atoms with Crippen molar-refractivity contribution in [1.82, 2.24) is 14.9 Å². The lowest BCUT2D eigenvalue weighted by atomic mass is 10.1. The van der Waals surface area contributed by atoms with Gasteiger partial charge >= 0.3 is 0 Å². The average Bonchev–Trinajstić information content (AvgIpc) is 2.64. The van der Waals surface area contributed by atoms with E-state index < -0.39 is 6.23 Å². The maximum atomic E-state index is 11.5. The Morgan fingerprint density at radius 1 is 1.71 bits per heavy atom. The molecule has 1 unspecified atom stereocenters. The Morgan fingerprint density at radius 2 is 2.57 bits per heavy atom. The number of nitrogens with zero attached hydrogens (tertiary/aromatic N) is 2. The summed E-state index contributed by atoms with van der Waals surface area (Å²) in [5.41, 5.74) is 0.847. The fourth-order valence-corrected chi connectivity index (χ4v) is 1.65. The van der Waals surface area contributed by atoms with Gasteiger partial charge in [-0.1, -0.05) is 0 Å². The van der Waals surface area contributed by atoms with Gasteiger partial charge in [-0.3, -0.25) is 4.79 Å². The van der Waals surface area contributed by atoms with Gasteiger partial charge in [-0.2, -0.15) is 0 Å². The van der Waals surface area contributed by atoms with E-state index in [1.807, 2.05) is 0 Å². The summed E-state index contributed by atoms with van der Waals surface area (Å²) < 4.78 is 0. The van der Waals surface area contributed by atoms with Gasteiger partial charge in [0.05, 0.1) is 18.6 Å². The van der Waals surface area contributed by atoms with Crippen LogP contribution < -0.4 is 0 Å². The van der Waals surface area contributed by atoms with Crippen LogP contribution in [0, 0.1) is 0 Å². The number of aliphatic hydroxyl groups is 1. The van der Waals surface area contributed by atoms with Gasteiger partial charge in [0, 0.05) is 12.6 Å². The monoisotopic (exact) mass is 195 g/mol. The molecular weight excluding hydrogens is 182 g/mol. The number of nitrogens with one attached hydrogen (secondary N) is 1. The van der Waals surface area contributed by atoms with Crippen LogP contribution in [-0.2, 0) is 11.3 Å². The molecule has 2 rings (SSSR count). The van der Waals surface area contributed by atoms with Gasteiger partial charge in [0.25, 0.3) is 0 Å². The highest BCUT2D eigenvalue weighted by Crippen LogP contribution is 2.17. The van der Waals surface area contributed by atoms with Crippen molar-refractivity contribution in [1.29, 1.82) is 0 Å². The summed E-state index contributed by atoms with van der Waals surface area (Å²) >= 11 is 0. The zero-order chi connectivity index (χ0) is 9.97. The number of amides is 1. The zero-order valence-corrected chi connectivity index (χ0v) is 7.81. The van der Waals surface area contributed by atoms with Crippen molar-refractivity contribution in [2.45, 2.75) is 32.0 Å². The van der Waals surface area contributed by atoms with Gasteiger partial charge in [0.15, 0.2) is 0 Å². The minimum atomic E-state index is -0.639. The van der Waals surface area contributed by atoms with Crippen molar-refractivity contribution in [2.75, 3.05) is 0 Å². The second-order valence-electron chi connectivity index (χ2n) is 3.47. The van der Waals surface area contributed by atoms with Crippen LogP contribution in [0.1, 0.15) is 25.0 Å². The maximum Gasteiger partial charge on any atom is 0.224 e. The standard InChI is InChI=1S/C9H13N3O2/c13-8-2-1-3-9(14)12(8)5-7-4-10-6-11-7/h4,6,8,13H,1-3,5H2,(H,10,11). The second-order valence-corrected chi connectivity index (χ2v) is 3.47. The van der Waals surface area contributed by atoms with Crippen LogP contribution in [0.3, 0.4) is 0 Å². The molecule has 1 aromatic rings. The van der Waals surface area contributed by atoms with Gasteiger partial charge in [-0.25, -0.2) is 4.98 Å². The first-order valence-corrected chi connectivity index (χ1v) is 4.72. The van der Waals surface area contributed by atoms with E-state index in [2.05, 4.69) is 9.97 Å². The SMILES string of the molecule is O=C1CCCC(O)N1Cc1cnc[nH]1. The van der Waals surface area contributed by atoms with Crippen molar-refractivity contribution in [2.24, 2.45) is 0 Å². The van der Waals surface area contributed by atoms with Crippen LogP contribution in [0.25, 0.3) is 0 Å². The van der Waals surface area contributed by atoms with E-state index in [9.17, 15) is 9.90 Å². The van der Waals surface area contributed by atoms with Crippen molar-refractivity contribution in [3.05, 3.63) is 18.2 Å². The third-order valence-electron chi connectivity index (χ3n) is 2.43. The Labute approximate surface area is 81.8 Å². The van der Waals surface area contributed by atoms with E-state index in [1.54, 1.807) is 12.5 Å². The third-order valence-corrected chi connectivity index (χ3v) is 2.43. The first-order valence-electron chi connectivity index (χ1n) is 4.72. The minimum absolute atomic E-state index is 0.0124. The molecule has 5 nitrogen and oxygen atoms in total. The molecule has 14 heavy (non-hydrogen) atoms. The normalized spacial score (nSPS) is 22.8. The third kappa shape index (κ3) is 1.77. The summed E-state index contributed by atoms with van der Waals surface area (Å²) in [6.07, 6.45) is 4.56. The highest BCUT2D eigenvalue weighted by molar-refractivity contribution is 5.77. The minimum Gasteiger partial charge on any atom is -0.374 e. The first kappa shape index (κ1) is 9.21. The summed E-state index contributed by atoms with van der Waals surface area (Å²) in [6, 6.07) is 0. The number of carbonyl (C=O) groups excluding carboxylic acids is 1. The Morgan fingerprint density at radius 3 is 3.21 bits per heavy atom. The molecule has 2 heterocycles. The fourth-order valence-electron chi connectivity index (χ4n) is 1.65. The summed E-state index contributed by atoms with van der Waals surface area (Å²) in [4.78, 5) is 19.7. The average molecular weight is 195 g/mol. The number of H-pyrrole nitrogens is 1. The van der Waals surface area contributed by atoms with Crippen LogP contribution in [0.2, 0.25) is 0 Å². The Kier molecular flexibility index (Phi) is 2.49. The van der Waals surface area contributed by atoms with Crippen molar-refractivity contribution in [3.8, 4) is 0 Å². The molecule has 5 heteroatoms. The molecule has 0 spiro atoms. The summed E-state index contributed by atoms with van der Waals surface area (Å²) in [5.74, 6) is 0.0124. The number of piperidine rings is 1. The molecule has 2 N–H and O–H groups in total. The molecule has 0 aliphatic carbocycles. The quantitative estimate of drug-likeness (QED) is 0.710. The highest BCUT2D eigenvalue weighted by Gasteiger charge is 2.26. The predicted molar refractivity (Wildman–Crippen MR) is 49.0 cm³/mol. The number of carbonyl (C=O) groups is 1. The van der Waals surface area contributed by atoms with E-state index in [1.165, 1.54) is 4.90 Å². The molecular formula is C9H13N3O2. The van der Waals surface area contributed by atoms with Gasteiger partial charge < -0.3 is 15.0 Å². The van der Waals surface area contributed by atoms with Gasteiger partial charge in [-0.15, -0.1) is 0 Å². The second kappa shape index (κ2) is 3.79. The number of aliphatic hydroxyl groups excluding tert-OH is 1. The largest absolute Gasteiger partial charge is 0.374 e. The lowest BCUT2D eigenvalue weighted by Crippen LogP contribution is -2.42. The molecule has 0 aromatic carbocycles. The lowest BCUT2D eigenvalue weighted by Gasteiger charge is -2.31. The van der Waals surface area contributed by atoms with Gasteiger partial charge in [0.1, 0.15) is 6.23 Å². The lowest BCUT2D eigenvalue weighted by molar-refractivity contribution is -0.147. The molecule has 0 saturated carbocycles. The highest BCUT2D eigenvalue weighted by atomic mass is 16.3. The van der Waals surface area contributed by atoms with E-state index in [0.29, 0.717) is 19.4 Å². The number of rotatable bonds is 2. The van der Waals surface area contributed by atoms with Crippen LogP contribution in [0.4, 0.5) is 0 Å². The molecule has 1 amide bonds. The Bertz CT molecular complexity index is 310. The number of imidazole rings is 1. The van der Waals surface area contributed by atoms with Gasteiger partial charge in [-0.05, 0) is 12.8 Å². The fraction of sp³-hybridized carbons (Fsp3) is 0.556. The molecule has 0 radical (unpaired) electrons. The molecule has 76 valence electrons. The number of aromatic nitrogens is 2. The summed E-state index contributed by atoms with van der Waals surface area (Å²) in [7, 11) is 0. The number of hydrogen-bond donors (Lipinski definition) is 2. The van der Waals surface area contributed by atoms with Crippen LogP contribution in [-0.4, -0.2) is 32.1 Å². The summed E-state index contributed by atoms with van der Waals surface area (Å²) in [6.45, 7) is 0.417. The van der Waals surface area contributed by atoms with Crippen LogP contribution >= 0.6 is 0 Å². The number of aromatic amines is 1. The molecule has 1 aliphatic heterocycles. The molecule has 1 aliphatic rings. The molecule has 1 saturated heterocycles. The maximum absolute atomic E-state index is 11.5. The Balaban J connectivity index is 2.04. The van der Waals surface area contributed by atoms with E-state index in [-0.39, 0.29) is 5.91 Å². The predicted octanol–water partition coefficient (Wildman–Crippen LogP) is 0.241. The van der Waals surface area contributed by atoms with Crippen molar-refractivity contribution >= 4 is 5.91 Å². The molecule has 1 fully saturated rings. The Hall–Kier alpha value is -1.36. The topological polar surface area (TPSA) is 69.2 Å². The first-order chi connectivity index (χ1) is 6.77. The molecule has 0 bridgehead atoms. The van der Waals surface area contributed by atoms with Crippen LogP contribution in [0.15, 0.2) is 12.5 Å². The zero-order valence-electron chi connectivity index (χ0n) is 7.81. The van der Waals surface area contributed by atoms with Crippen molar-refractivity contribution in [3.63, 3.8) is 0 Å². The molecule has 1 atom stereocenters. The number of hydrogen-bond acceptors (Lipinski definition) is 3. The number of likely N-dealkylation sites (tertiary alicyclic amines) is 1. The summed E-state index contributed by atoms with van der Waals surface area (Å²) in [5, 5.41) is 9.61.